The molecule has 4 nitrogen and oxygen atoms in total. The van der Waals surface area contributed by atoms with Gasteiger partial charge in [0.05, 0.1) is 7.11 Å². The van der Waals surface area contributed by atoms with Gasteiger partial charge in [0.2, 0.25) is 0 Å². The molecule has 0 unspecified atom stereocenters. The molecule has 1 heterocycles. The van der Waals surface area contributed by atoms with E-state index in [4.69, 9.17) is 9.47 Å². The summed E-state index contributed by atoms with van der Waals surface area (Å²) >= 11 is 0. The fraction of sp³-hybridized carbons (Fsp3) is 0.105. The van der Waals surface area contributed by atoms with E-state index in [1.54, 1.807) is 13.2 Å². The highest BCUT2D eigenvalue weighted by atomic mass is 16.5. The summed E-state index contributed by atoms with van der Waals surface area (Å²) in [6.07, 6.45) is 3.52. The molecule has 0 aliphatic carbocycles. The second-order valence-corrected chi connectivity index (χ2v) is 5.07. The lowest BCUT2D eigenvalue weighted by Crippen LogP contribution is -2.03. The molecule has 0 spiro atoms. The maximum absolute atomic E-state index is 12.2. The molecule has 23 heavy (non-hydrogen) atoms. The Labute approximate surface area is 135 Å². The Bertz CT molecular complexity index is 793. The molecular weight excluding hydrogens is 290 g/mol. The van der Waals surface area contributed by atoms with Gasteiger partial charge in [-0.05, 0) is 29.8 Å². The maximum atomic E-state index is 12.2. The zero-order chi connectivity index (χ0) is 16.2. The molecule has 1 N–H and O–H groups in total. The maximum Gasteiger partial charge on any atom is 0.256 e. The lowest BCUT2D eigenvalue weighted by Gasteiger charge is -2.10. The van der Waals surface area contributed by atoms with Crippen LogP contribution in [0.1, 0.15) is 11.1 Å². The quantitative estimate of drug-likeness (QED) is 0.676. The average molecular weight is 307 g/mol. The van der Waals surface area contributed by atoms with Crippen LogP contribution in [0.5, 0.6) is 11.5 Å². The average Bonchev–Trinajstić information content (AvgIpc) is 2.89. The number of methoxy groups -OCH3 is 1. The van der Waals surface area contributed by atoms with Gasteiger partial charge in [-0.3, -0.25) is 4.79 Å². The van der Waals surface area contributed by atoms with Crippen molar-refractivity contribution in [1.29, 1.82) is 0 Å². The molecule has 0 saturated heterocycles. The number of carbonyl (C=O) groups is 1. The second-order valence-electron chi connectivity index (χ2n) is 5.07. The number of rotatable bonds is 5. The highest BCUT2D eigenvalue weighted by Crippen LogP contribution is 2.34. The standard InChI is InChI=1S/C19H17NO3/c1-3-10-23-17-9-8-13(12-18(17)22-2)11-15-14-6-4-5-7-16(14)20-19(15)21/h3-9,11-12H,1,10H2,2H3,(H,20,21)/b15-11-. The minimum atomic E-state index is -0.0999. The third kappa shape index (κ3) is 2.97. The van der Waals surface area contributed by atoms with E-state index in [2.05, 4.69) is 11.9 Å². The summed E-state index contributed by atoms with van der Waals surface area (Å²) in [6.45, 7) is 4.04. The van der Waals surface area contributed by atoms with Gasteiger partial charge in [0.1, 0.15) is 6.61 Å². The van der Waals surface area contributed by atoms with Gasteiger partial charge in [0, 0.05) is 16.8 Å². The zero-order valence-corrected chi connectivity index (χ0v) is 12.8. The van der Waals surface area contributed by atoms with Gasteiger partial charge in [-0.1, -0.05) is 36.9 Å². The van der Waals surface area contributed by atoms with Gasteiger partial charge in [0.25, 0.3) is 5.91 Å². The van der Waals surface area contributed by atoms with Crippen molar-refractivity contribution in [3.8, 4) is 11.5 Å². The molecule has 0 atom stereocenters. The van der Waals surface area contributed by atoms with Crippen LogP contribution in [0.25, 0.3) is 11.6 Å². The van der Waals surface area contributed by atoms with Crippen LogP contribution in [-0.2, 0) is 4.79 Å². The molecule has 0 saturated carbocycles. The van der Waals surface area contributed by atoms with Crippen LogP contribution in [0.3, 0.4) is 0 Å². The van der Waals surface area contributed by atoms with Crippen LogP contribution < -0.4 is 14.8 Å². The molecule has 1 aliphatic heterocycles. The molecular formula is C19H17NO3. The number of amides is 1. The van der Waals surface area contributed by atoms with Gasteiger partial charge < -0.3 is 14.8 Å². The molecule has 2 aromatic rings. The molecule has 1 aliphatic rings. The monoisotopic (exact) mass is 307 g/mol. The third-order valence-electron chi connectivity index (χ3n) is 3.57. The fourth-order valence-electron chi connectivity index (χ4n) is 2.49. The minimum absolute atomic E-state index is 0.0999. The number of ether oxygens (including phenoxy) is 2. The summed E-state index contributed by atoms with van der Waals surface area (Å²) < 4.78 is 10.9. The second kappa shape index (κ2) is 6.40. The lowest BCUT2D eigenvalue weighted by atomic mass is 10.0. The SMILES string of the molecule is C=CCOc1ccc(/C=C2\C(=O)Nc3ccccc32)cc1OC. The van der Waals surface area contributed by atoms with E-state index in [0.29, 0.717) is 23.7 Å². The number of hydrogen-bond acceptors (Lipinski definition) is 3. The fourth-order valence-corrected chi connectivity index (χ4v) is 2.49. The van der Waals surface area contributed by atoms with Crippen molar-refractivity contribution in [2.75, 3.05) is 19.0 Å². The Kier molecular flexibility index (Phi) is 4.15. The van der Waals surface area contributed by atoms with Crippen molar-refractivity contribution < 1.29 is 14.3 Å². The number of fused-ring (bicyclic) bond motifs is 1. The Morgan fingerprint density at radius 2 is 2.00 bits per heavy atom. The van der Waals surface area contributed by atoms with Crippen LogP contribution in [-0.4, -0.2) is 19.6 Å². The van der Waals surface area contributed by atoms with E-state index < -0.39 is 0 Å². The Balaban J connectivity index is 1.96. The van der Waals surface area contributed by atoms with Crippen molar-refractivity contribution >= 4 is 23.2 Å². The molecule has 0 bridgehead atoms. The lowest BCUT2D eigenvalue weighted by molar-refractivity contribution is -0.110. The highest BCUT2D eigenvalue weighted by molar-refractivity contribution is 6.34. The van der Waals surface area contributed by atoms with Crippen LogP contribution in [0.4, 0.5) is 5.69 Å². The summed E-state index contributed by atoms with van der Waals surface area (Å²) in [5.41, 5.74) is 3.25. The molecule has 116 valence electrons. The predicted molar refractivity (Wildman–Crippen MR) is 91.6 cm³/mol. The molecule has 0 fully saturated rings. The third-order valence-corrected chi connectivity index (χ3v) is 3.57. The topological polar surface area (TPSA) is 47.6 Å². The Hall–Kier alpha value is -3.01. The van der Waals surface area contributed by atoms with Crippen molar-refractivity contribution in [2.45, 2.75) is 0 Å². The van der Waals surface area contributed by atoms with Crippen LogP contribution >= 0.6 is 0 Å². The molecule has 4 heteroatoms. The van der Waals surface area contributed by atoms with Gasteiger partial charge in [-0.2, -0.15) is 0 Å². The highest BCUT2D eigenvalue weighted by Gasteiger charge is 2.23. The van der Waals surface area contributed by atoms with Crippen molar-refractivity contribution in [2.24, 2.45) is 0 Å². The molecule has 0 radical (unpaired) electrons. The number of anilines is 1. The smallest absolute Gasteiger partial charge is 0.256 e. The first-order chi connectivity index (χ1) is 11.2. The van der Waals surface area contributed by atoms with E-state index in [0.717, 1.165) is 16.8 Å². The first-order valence-corrected chi connectivity index (χ1v) is 7.27. The summed E-state index contributed by atoms with van der Waals surface area (Å²) in [4.78, 5) is 12.2. The van der Waals surface area contributed by atoms with Gasteiger partial charge in [-0.15, -0.1) is 0 Å². The Morgan fingerprint density at radius 1 is 1.17 bits per heavy atom. The summed E-state index contributed by atoms with van der Waals surface area (Å²) in [6, 6.07) is 13.2. The van der Waals surface area contributed by atoms with Crippen molar-refractivity contribution in [3.05, 3.63) is 66.2 Å². The first-order valence-electron chi connectivity index (χ1n) is 7.27. The molecule has 3 rings (SSSR count). The minimum Gasteiger partial charge on any atom is -0.493 e. The molecule has 0 aromatic heterocycles. The van der Waals surface area contributed by atoms with Gasteiger partial charge in [-0.25, -0.2) is 0 Å². The van der Waals surface area contributed by atoms with Crippen LogP contribution in [0, 0.1) is 0 Å². The molecule has 2 aromatic carbocycles. The van der Waals surface area contributed by atoms with Crippen molar-refractivity contribution in [3.63, 3.8) is 0 Å². The normalized spacial score (nSPS) is 14.3. The van der Waals surface area contributed by atoms with E-state index in [1.165, 1.54) is 0 Å². The number of para-hydroxylation sites is 1. The van der Waals surface area contributed by atoms with Crippen LogP contribution in [0.2, 0.25) is 0 Å². The Morgan fingerprint density at radius 3 is 2.78 bits per heavy atom. The number of hydrogen-bond donors (Lipinski definition) is 1. The number of benzene rings is 2. The molecule has 1 amide bonds. The van der Waals surface area contributed by atoms with Gasteiger partial charge in [0.15, 0.2) is 11.5 Å². The summed E-state index contributed by atoms with van der Waals surface area (Å²) in [5.74, 6) is 1.16. The van der Waals surface area contributed by atoms with E-state index in [9.17, 15) is 4.79 Å². The van der Waals surface area contributed by atoms with Crippen molar-refractivity contribution in [1.82, 2.24) is 0 Å². The number of nitrogens with one attached hydrogen (secondary N) is 1. The van der Waals surface area contributed by atoms with Gasteiger partial charge >= 0.3 is 0 Å². The first kappa shape index (κ1) is 14.9. The van der Waals surface area contributed by atoms with E-state index >= 15 is 0 Å². The summed E-state index contributed by atoms with van der Waals surface area (Å²) in [7, 11) is 1.59. The predicted octanol–water partition coefficient (Wildman–Crippen LogP) is 3.75. The van der Waals surface area contributed by atoms with E-state index in [-0.39, 0.29) is 5.91 Å². The number of carbonyl (C=O) groups excluding carboxylic acids is 1. The summed E-state index contributed by atoms with van der Waals surface area (Å²) in [5, 5.41) is 2.86. The van der Waals surface area contributed by atoms with Crippen LogP contribution in [0.15, 0.2) is 55.1 Å². The zero-order valence-electron chi connectivity index (χ0n) is 12.8. The van der Waals surface area contributed by atoms with E-state index in [1.807, 2.05) is 48.5 Å². The largest absolute Gasteiger partial charge is 0.493 e.